The second-order valence-corrected chi connectivity index (χ2v) is 7.64. The quantitative estimate of drug-likeness (QED) is 0.762. The number of carbonyl (C=O) groups excluding carboxylic acids is 2. The average Bonchev–Trinajstić information content (AvgIpc) is 2.72. The van der Waals surface area contributed by atoms with E-state index in [1.807, 2.05) is 30.3 Å². The molecule has 0 aromatic heterocycles. The maximum atomic E-state index is 12.9. The van der Waals surface area contributed by atoms with Gasteiger partial charge in [0, 0.05) is 25.3 Å². The van der Waals surface area contributed by atoms with Gasteiger partial charge in [0.2, 0.25) is 0 Å². The molecule has 152 valence electrons. The van der Waals surface area contributed by atoms with Crippen LogP contribution >= 0.6 is 0 Å². The van der Waals surface area contributed by atoms with Gasteiger partial charge in [-0.1, -0.05) is 49.6 Å². The zero-order valence-corrected chi connectivity index (χ0v) is 17.1. The van der Waals surface area contributed by atoms with Gasteiger partial charge in [-0.05, 0) is 32.4 Å². The first-order valence-electron chi connectivity index (χ1n) is 10.2. The summed E-state index contributed by atoms with van der Waals surface area (Å²) in [5.74, 6) is -0.366. The van der Waals surface area contributed by atoms with Gasteiger partial charge < -0.3 is 10.1 Å². The second-order valence-electron chi connectivity index (χ2n) is 7.64. The van der Waals surface area contributed by atoms with Crippen LogP contribution in [0.15, 0.2) is 41.6 Å². The van der Waals surface area contributed by atoms with Gasteiger partial charge in [-0.15, -0.1) is 0 Å². The van der Waals surface area contributed by atoms with Crippen LogP contribution in [0.25, 0.3) is 0 Å². The van der Waals surface area contributed by atoms with Crippen molar-refractivity contribution in [2.45, 2.75) is 51.1 Å². The maximum absolute atomic E-state index is 12.9. The number of hydrogen-bond acceptors (Lipinski definition) is 4. The molecule has 1 aromatic rings. The van der Waals surface area contributed by atoms with Crippen LogP contribution in [0.2, 0.25) is 0 Å². The van der Waals surface area contributed by atoms with Crippen LogP contribution < -0.4 is 5.32 Å². The molecule has 2 amide bonds. The Balaban J connectivity index is 1.99. The summed E-state index contributed by atoms with van der Waals surface area (Å²) in [7, 11) is 3.81. The number of esters is 1. The summed E-state index contributed by atoms with van der Waals surface area (Å²) >= 11 is 0. The van der Waals surface area contributed by atoms with Crippen LogP contribution in [0.3, 0.4) is 0 Å². The number of likely N-dealkylation sites (N-methyl/N-ethyl adjacent to an activating group) is 2. The Hall–Kier alpha value is -2.34. The molecule has 1 saturated carbocycles. The lowest BCUT2D eigenvalue weighted by Gasteiger charge is -2.38. The third kappa shape index (κ3) is 4.38. The number of nitrogens with zero attached hydrogens (tertiary/aromatic N) is 2. The van der Waals surface area contributed by atoms with Crippen molar-refractivity contribution in [2.75, 3.05) is 27.2 Å². The van der Waals surface area contributed by atoms with Crippen molar-refractivity contribution in [3.8, 4) is 0 Å². The molecule has 3 rings (SSSR count). The molecule has 1 aromatic carbocycles. The number of nitrogens with one attached hydrogen (secondary N) is 1. The van der Waals surface area contributed by atoms with Crippen molar-refractivity contribution in [2.24, 2.45) is 0 Å². The van der Waals surface area contributed by atoms with Crippen molar-refractivity contribution in [1.29, 1.82) is 0 Å². The molecule has 1 aliphatic heterocycles. The summed E-state index contributed by atoms with van der Waals surface area (Å²) in [6.45, 7) is 2.65. The van der Waals surface area contributed by atoms with Gasteiger partial charge in [0.25, 0.3) is 0 Å². The zero-order chi connectivity index (χ0) is 20.1. The Morgan fingerprint density at radius 3 is 2.54 bits per heavy atom. The molecule has 2 aliphatic rings. The van der Waals surface area contributed by atoms with Crippen LogP contribution in [-0.2, 0) is 9.53 Å². The van der Waals surface area contributed by atoms with E-state index in [1.54, 1.807) is 18.9 Å². The van der Waals surface area contributed by atoms with E-state index in [-0.39, 0.29) is 12.0 Å². The van der Waals surface area contributed by atoms with Gasteiger partial charge in [0.1, 0.15) is 0 Å². The van der Waals surface area contributed by atoms with Gasteiger partial charge in [-0.3, -0.25) is 9.80 Å². The van der Waals surface area contributed by atoms with Crippen LogP contribution in [0, 0.1) is 0 Å². The first-order valence-corrected chi connectivity index (χ1v) is 10.2. The number of hydrogen-bond donors (Lipinski definition) is 1. The van der Waals surface area contributed by atoms with E-state index in [0.29, 0.717) is 24.8 Å². The largest absolute Gasteiger partial charge is 0.463 e. The van der Waals surface area contributed by atoms with Crippen molar-refractivity contribution in [3.05, 3.63) is 47.2 Å². The number of rotatable bonds is 6. The molecule has 6 heteroatoms. The van der Waals surface area contributed by atoms with E-state index in [9.17, 15) is 9.59 Å². The summed E-state index contributed by atoms with van der Waals surface area (Å²) in [6.07, 6.45) is 6.09. The first kappa shape index (κ1) is 20.4. The molecule has 1 heterocycles. The highest BCUT2D eigenvalue weighted by Crippen LogP contribution is 2.32. The molecule has 0 saturated heterocycles. The van der Waals surface area contributed by atoms with Gasteiger partial charge >= 0.3 is 12.0 Å². The molecule has 0 bridgehead atoms. The summed E-state index contributed by atoms with van der Waals surface area (Å²) in [5, 5.41) is 2.96. The lowest BCUT2D eigenvalue weighted by atomic mass is 9.92. The third-order valence-electron chi connectivity index (χ3n) is 5.80. The number of carbonyl (C=O) groups is 2. The van der Waals surface area contributed by atoms with E-state index >= 15 is 0 Å². The number of benzene rings is 1. The molecular weight excluding hydrogens is 354 g/mol. The molecule has 1 atom stereocenters. The van der Waals surface area contributed by atoms with Gasteiger partial charge in [0.05, 0.1) is 18.2 Å². The second kappa shape index (κ2) is 9.24. The summed E-state index contributed by atoms with van der Waals surface area (Å²) in [6, 6.07) is 9.39. The molecule has 0 spiro atoms. The number of ether oxygens (including phenoxy) is 1. The van der Waals surface area contributed by atoms with Gasteiger partial charge in [-0.2, -0.15) is 0 Å². The van der Waals surface area contributed by atoms with Crippen molar-refractivity contribution >= 4 is 12.0 Å². The van der Waals surface area contributed by atoms with E-state index in [0.717, 1.165) is 24.1 Å². The minimum Gasteiger partial charge on any atom is -0.463 e. The van der Waals surface area contributed by atoms with Gasteiger partial charge in [0.15, 0.2) is 0 Å². The summed E-state index contributed by atoms with van der Waals surface area (Å²) in [4.78, 5) is 29.5. The Bertz CT molecular complexity index is 726. The highest BCUT2D eigenvalue weighted by Gasteiger charge is 2.37. The Morgan fingerprint density at radius 2 is 1.89 bits per heavy atom. The summed E-state index contributed by atoms with van der Waals surface area (Å²) in [5.41, 5.74) is 2.13. The van der Waals surface area contributed by atoms with Crippen LogP contribution in [0.4, 0.5) is 4.79 Å². The monoisotopic (exact) mass is 385 g/mol. The van der Waals surface area contributed by atoms with Crippen LogP contribution in [-0.4, -0.2) is 55.1 Å². The van der Waals surface area contributed by atoms with E-state index in [1.165, 1.54) is 19.3 Å². The van der Waals surface area contributed by atoms with Crippen LogP contribution in [0.5, 0.6) is 0 Å². The molecule has 1 N–H and O–H groups in total. The maximum Gasteiger partial charge on any atom is 0.338 e. The SMILES string of the molecule is CCOC(=O)C1=C(CN(C)C2CCCCC2)N(C)C(=O)N[C@H]1c1ccccc1. The Morgan fingerprint density at radius 1 is 1.21 bits per heavy atom. The molecule has 6 nitrogen and oxygen atoms in total. The van der Waals surface area contributed by atoms with Crippen molar-refractivity contribution in [3.63, 3.8) is 0 Å². The fourth-order valence-corrected chi connectivity index (χ4v) is 4.18. The summed E-state index contributed by atoms with van der Waals surface area (Å²) < 4.78 is 5.38. The number of urea groups is 1. The molecule has 28 heavy (non-hydrogen) atoms. The smallest absolute Gasteiger partial charge is 0.338 e. The minimum atomic E-state index is -0.501. The zero-order valence-electron chi connectivity index (χ0n) is 17.1. The molecule has 1 aliphatic carbocycles. The standard InChI is InChI=1S/C22H31N3O3/c1-4-28-21(26)19-18(15-24(2)17-13-9-6-10-14-17)25(3)22(27)23-20(19)16-11-7-5-8-12-16/h5,7-8,11-12,17,20H,4,6,9-10,13-15H2,1-3H3,(H,23,27)/t20-/m0/s1. The molecule has 0 unspecified atom stereocenters. The topological polar surface area (TPSA) is 61.9 Å². The van der Waals surface area contributed by atoms with E-state index in [4.69, 9.17) is 4.74 Å². The predicted molar refractivity (Wildman–Crippen MR) is 109 cm³/mol. The van der Waals surface area contributed by atoms with Crippen molar-refractivity contribution < 1.29 is 14.3 Å². The minimum absolute atomic E-state index is 0.200. The first-order chi connectivity index (χ1) is 13.5. The third-order valence-corrected chi connectivity index (χ3v) is 5.80. The highest BCUT2D eigenvalue weighted by atomic mass is 16.5. The van der Waals surface area contributed by atoms with Gasteiger partial charge in [-0.25, -0.2) is 9.59 Å². The Labute approximate surface area is 167 Å². The highest BCUT2D eigenvalue weighted by molar-refractivity contribution is 5.95. The molecule has 0 radical (unpaired) electrons. The number of amides is 2. The predicted octanol–water partition coefficient (Wildman–Crippen LogP) is 3.46. The molecular formula is C22H31N3O3. The fraction of sp³-hybridized carbons (Fsp3) is 0.545. The van der Waals surface area contributed by atoms with Crippen LogP contribution in [0.1, 0.15) is 50.6 Å². The van der Waals surface area contributed by atoms with E-state index < -0.39 is 6.04 Å². The Kier molecular flexibility index (Phi) is 6.73. The van der Waals surface area contributed by atoms with Crippen molar-refractivity contribution in [1.82, 2.24) is 15.1 Å². The lowest BCUT2D eigenvalue weighted by Crippen LogP contribution is -2.50. The lowest BCUT2D eigenvalue weighted by molar-refractivity contribution is -0.139. The van der Waals surface area contributed by atoms with E-state index in [2.05, 4.69) is 17.3 Å². The molecule has 1 fully saturated rings. The normalized spacial score (nSPS) is 21.1. The average molecular weight is 386 g/mol. The fourth-order valence-electron chi connectivity index (χ4n) is 4.18.